The summed E-state index contributed by atoms with van der Waals surface area (Å²) in [6.45, 7) is 1.74. The number of benzene rings is 1. The van der Waals surface area contributed by atoms with Crippen molar-refractivity contribution in [2.24, 2.45) is 0 Å². The van der Waals surface area contributed by atoms with Gasteiger partial charge in [-0.15, -0.1) is 0 Å². The van der Waals surface area contributed by atoms with Crippen LogP contribution in [0.2, 0.25) is 0 Å². The third kappa shape index (κ3) is 3.17. The van der Waals surface area contributed by atoms with E-state index in [1.165, 1.54) is 0 Å². The molecule has 2 N–H and O–H groups in total. The SMILES string of the molecule is Cc1cc(NC(=O)CSc2nc3ccccc3c(=O)[nH]2)no1. The number of thioether (sulfide) groups is 1. The summed E-state index contributed by atoms with van der Waals surface area (Å²) in [5, 5.41) is 7.20. The average Bonchev–Trinajstić information content (AvgIpc) is 2.90. The minimum atomic E-state index is -0.255. The summed E-state index contributed by atoms with van der Waals surface area (Å²) in [4.78, 5) is 30.7. The zero-order valence-electron chi connectivity index (χ0n) is 11.6. The predicted molar refractivity (Wildman–Crippen MR) is 83.0 cm³/mol. The van der Waals surface area contributed by atoms with Crippen molar-refractivity contribution in [3.63, 3.8) is 0 Å². The van der Waals surface area contributed by atoms with Gasteiger partial charge in [-0.1, -0.05) is 29.1 Å². The molecule has 0 aliphatic rings. The predicted octanol–water partition coefficient (Wildman–Crippen LogP) is 1.95. The molecule has 3 aromatic rings. The number of nitrogens with one attached hydrogen (secondary N) is 2. The van der Waals surface area contributed by atoms with E-state index in [1.54, 1.807) is 31.2 Å². The molecular formula is C14H12N4O3S. The Hall–Kier alpha value is -2.61. The van der Waals surface area contributed by atoms with Crippen LogP contribution < -0.4 is 10.9 Å². The van der Waals surface area contributed by atoms with E-state index < -0.39 is 0 Å². The van der Waals surface area contributed by atoms with Crippen molar-refractivity contribution in [1.29, 1.82) is 0 Å². The molecule has 8 heteroatoms. The lowest BCUT2D eigenvalue weighted by atomic mass is 10.2. The van der Waals surface area contributed by atoms with Crippen LogP contribution in [-0.4, -0.2) is 26.8 Å². The standard InChI is InChI=1S/C14H12N4O3S/c1-8-6-11(18-21-8)16-12(19)7-22-14-15-10-5-3-2-4-9(10)13(20)17-14/h2-6H,7H2,1H3,(H,15,17,20)(H,16,18,19). The van der Waals surface area contributed by atoms with Crippen molar-refractivity contribution in [3.8, 4) is 0 Å². The Morgan fingerprint density at radius 3 is 3.00 bits per heavy atom. The summed E-state index contributed by atoms with van der Waals surface area (Å²) >= 11 is 1.15. The molecule has 3 rings (SSSR count). The molecule has 0 aliphatic carbocycles. The van der Waals surface area contributed by atoms with Crippen LogP contribution in [0.1, 0.15) is 5.76 Å². The molecule has 1 aromatic carbocycles. The van der Waals surface area contributed by atoms with E-state index in [0.29, 0.717) is 27.6 Å². The molecule has 0 spiro atoms. The number of hydrogen-bond donors (Lipinski definition) is 2. The molecule has 22 heavy (non-hydrogen) atoms. The lowest BCUT2D eigenvalue weighted by molar-refractivity contribution is -0.113. The Morgan fingerprint density at radius 2 is 2.23 bits per heavy atom. The molecule has 0 fully saturated rings. The fourth-order valence-electron chi connectivity index (χ4n) is 1.87. The first-order valence-corrected chi connectivity index (χ1v) is 7.45. The third-order valence-corrected chi connectivity index (χ3v) is 3.70. The molecule has 0 unspecified atom stereocenters. The van der Waals surface area contributed by atoms with Gasteiger partial charge in [-0.05, 0) is 19.1 Å². The highest BCUT2D eigenvalue weighted by atomic mass is 32.2. The van der Waals surface area contributed by atoms with Gasteiger partial charge in [0.2, 0.25) is 5.91 Å². The zero-order chi connectivity index (χ0) is 15.5. The molecular weight excluding hydrogens is 304 g/mol. The van der Waals surface area contributed by atoms with Crippen LogP contribution in [0, 0.1) is 6.92 Å². The number of aromatic nitrogens is 3. The second-order valence-corrected chi connectivity index (χ2v) is 5.51. The first-order chi connectivity index (χ1) is 10.6. The summed E-state index contributed by atoms with van der Waals surface area (Å²) < 4.78 is 4.86. The topological polar surface area (TPSA) is 101 Å². The van der Waals surface area contributed by atoms with Crippen LogP contribution in [-0.2, 0) is 4.79 Å². The Labute approximate surface area is 129 Å². The van der Waals surface area contributed by atoms with Crippen molar-refractivity contribution in [3.05, 3.63) is 46.4 Å². The molecule has 0 saturated heterocycles. The molecule has 112 valence electrons. The van der Waals surface area contributed by atoms with Crippen LogP contribution in [0.4, 0.5) is 5.82 Å². The maximum Gasteiger partial charge on any atom is 0.259 e. The summed E-state index contributed by atoms with van der Waals surface area (Å²) in [7, 11) is 0. The molecule has 1 amide bonds. The minimum Gasteiger partial charge on any atom is -0.360 e. The quantitative estimate of drug-likeness (QED) is 0.563. The minimum absolute atomic E-state index is 0.104. The van der Waals surface area contributed by atoms with Gasteiger partial charge in [0.1, 0.15) is 5.76 Å². The molecule has 2 heterocycles. The highest BCUT2D eigenvalue weighted by Crippen LogP contribution is 2.15. The summed E-state index contributed by atoms with van der Waals surface area (Å²) in [6.07, 6.45) is 0. The number of anilines is 1. The molecule has 0 bridgehead atoms. The van der Waals surface area contributed by atoms with Crippen molar-refractivity contribution in [2.45, 2.75) is 12.1 Å². The number of para-hydroxylation sites is 1. The van der Waals surface area contributed by atoms with Gasteiger partial charge in [-0.25, -0.2) is 4.98 Å². The summed E-state index contributed by atoms with van der Waals surface area (Å²) in [5.74, 6) is 0.827. The number of carbonyl (C=O) groups is 1. The summed E-state index contributed by atoms with van der Waals surface area (Å²) in [5.41, 5.74) is 0.377. The van der Waals surface area contributed by atoms with Gasteiger partial charge in [0, 0.05) is 6.07 Å². The van der Waals surface area contributed by atoms with E-state index in [0.717, 1.165) is 11.8 Å². The number of nitrogens with zero attached hydrogens (tertiary/aromatic N) is 2. The molecule has 0 aliphatic heterocycles. The van der Waals surface area contributed by atoms with E-state index in [9.17, 15) is 9.59 Å². The van der Waals surface area contributed by atoms with Gasteiger partial charge in [-0.2, -0.15) is 0 Å². The number of carbonyl (C=O) groups excluding carboxylic acids is 1. The number of amides is 1. The number of hydrogen-bond acceptors (Lipinski definition) is 6. The smallest absolute Gasteiger partial charge is 0.259 e. The van der Waals surface area contributed by atoms with Crippen molar-refractivity contribution in [1.82, 2.24) is 15.1 Å². The second kappa shape index (κ2) is 6.02. The maximum atomic E-state index is 11.9. The molecule has 2 aromatic heterocycles. The number of rotatable bonds is 4. The fourth-order valence-corrected chi connectivity index (χ4v) is 2.54. The third-order valence-electron chi connectivity index (χ3n) is 2.83. The van der Waals surface area contributed by atoms with Gasteiger partial charge >= 0.3 is 0 Å². The zero-order valence-corrected chi connectivity index (χ0v) is 12.4. The molecule has 7 nitrogen and oxygen atoms in total. The Balaban J connectivity index is 1.68. The lowest BCUT2D eigenvalue weighted by Crippen LogP contribution is -2.15. The monoisotopic (exact) mass is 316 g/mol. The van der Waals surface area contributed by atoms with Crippen LogP contribution in [0.3, 0.4) is 0 Å². The Kier molecular flexibility index (Phi) is 3.92. The lowest BCUT2D eigenvalue weighted by Gasteiger charge is -2.03. The normalized spacial score (nSPS) is 10.8. The van der Waals surface area contributed by atoms with E-state index in [4.69, 9.17) is 4.52 Å². The Morgan fingerprint density at radius 1 is 1.41 bits per heavy atom. The van der Waals surface area contributed by atoms with E-state index in [-0.39, 0.29) is 17.2 Å². The van der Waals surface area contributed by atoms with Gasteiger partial charge < -0.3 is 14.8 Å². The number of fused-ring (bicyclic) bond motifs is 1. The van der Waals surface area contributed by atoms with E-state index >= 15 is 0 Å². The van der Waals surface area contributed by atoms with Crippen molar-refractivity contribution in [2.75, 3.05) is 11.1 Å². The summed E-state index contributed by atoms with van der Waals surface area (Å²) in [6, 6.07) is 8.67. The number of aromatic amines is 1. The average molecular weight is 316 g/mol. The maximum absolute atomic E-state index is 11.9. The van der Waals surface area contributed by atoms with Crippen LogP contribution in [0.5, 0.6) is 0 Å². The molecule has 0 saturated carbocycles. The second-order valence-electron chi connectivity index (χ2n) is 4.55. The van der Waals surface area contributed by atoms with E-state index in [2.05, 4.69) is 20.4 Å². The van der Waals surface area contributed by atoms with Gasteiger partial charge in [0.05, 0.1) is 16.7 Å². The Bertz CT molecular complexity index is 887. The van der Waals surface area contributed by atoms with E-state index in [1.807, 2.05) is 6.07 Å². The highest BCUT2D eigenvalue weighted by Gasteiger charge is 2.09. The molecule has 0 radical (unpaired) electrons. The number of H-pyrrole nitrogens is 1. The highest BCUT2D eigenvalue weighted by molar-refractivity contribution is 7.99. The largest absolute Gasteiger partial charge is 0.360 e. The first kappa shape index (κ1) is 14.3. The van der Waals surface area contributed by atoms with Crippen molar-refractivity contribution >= 4 is 34.4 Å². The van der Waals surface area contributed by atoms with Crippen LogP contribution >= 0.6 is 11.8 Å². The number of aryl methyl sites for hydroxylation is 1. The first-order valence-electron chi connectivity index (χ1n) is 6.47. The van der Waals surface area contributed by atoms with Crippen molar-refractivity contribution < 1.29 is 9.32 Å². The fraction of sp³-hybridized carbons (Fsp3) is 0.143. The molecule has 0 atom stereocenters. The van der Waals surface area contributed by atoms with Gasteiger partial charge in [-0.3, -0.25) is 9.59 Å². The van der Waals surface area contributed by atoms with Gasteiger partial charge in [0.15, 0.2) is 11.0 Å². The van der Waals surface area contributed by atoms with Crippen LogP contribution in [0.15, 0.2) is 44.8 Å². The van der Waals surface area contributed by atoms with Crippen LogP contribution in [0.25, 0.3) is 10.9 Å². The van der Waals surface area contributed by atoms with Gasteiger partial charge in [0.25, 0.3) is 5.56 Å².